The van der Waals surface area contributed by atoms with E-state index < -0.39 is 5.91 Å². The summed E-state index contributed by atoms with van der Waals surface area (Å²) in [6.07, 6.45) is 4.63. The Labute approximate surface area is 193 Å². The second-order valence-corrected chi connectivity index (χ2v) is 7.97. The number of benzene rings is 2. The Morgan fingerprint density at radius 3 is 2.70 bits per heavy atom. The minimum Gasteiger partial charge on any atom is -0.304 e. The van der Waals surface area contributed by atoms with Crippen LogP contribution in [-0.4, -0.2) is 30.3 Å². The summed E-state index contributed by atoms with van der Waals surface area (Å²) in [6, 6.07) is 16.3. The third kappa shape index (κ3) is 4.08. The van der Waals surface area contributed by atoms with E-state index in [1.54, 1.807) is 28.9 Å². The van der Waals surface area contributed by atoms with Crippen LogP contribution in [0.2, 0.25) is 5.02 Å². The topological polar surface area (TPSA) is 77.1 Å². The first kappa shape index (κ1) is 20.8. The van der Waals surface area contributed by atoms with Crippen LogP contribution in [0.5, 0.6) is 0 Å². The molecular weight excluding hydrogens is 443 g/mol. The second kappa shape index (κ2) is 8.48. The first-order valence-corrected chi connectivity index (χ1v) is 10.5. The molecule has 0 atom stereocenters. The smallest absolute Gasteiger partial charge is 0.262 e. The molecule has 0 bridgehead atoms. The summed E-state index contributed by atoms with van der Waals surface area (Å²) in [6.45, 7) is 2.20. The zero-order valence-corrected chi connectivity index (χ0v) is 18.3. The van der Waals surface area contributed by atoms with Gasteiger partial charge in [-0.05, 0) is 19.1 Å². The summed E-state index contributed by atoms with van der Waals surface area (Å²) in [7, 11) is 0. The Bertz CT molecular complexity index is 1470. The molecule has 0 aliphatic rings. The van der Waals surface area contributed by atoms with Gasteiger partial charge in [-0.25, -0.2) is 13.9 Å². The number of anilines is 1. The number of nitrogens with one attached hydrogen (secondary N) is 1. The predicted molar refractivity (Wildman–Crippen MR) is 124 cm³/mol. The minimum atomic E-state index is -0.448. The van der Waals surface area contributed by atoms with Crippen LogP contribution in [0.1, 0.15) is 21.5 Å². The molecule has 0 spiro atoms. The Balaban J connectivity index is 1.41. The molecule has 0 fully saturated rings. The highest BCUT2D eigenvalue weighted by molar-refractivity contribution is 6.33. The first-order chi connectivity index (χ1) is 16.0. The monoisotopic (exact) mass is 460 g/mol. The van der Waals surface area contributed by atoms with Crippen molar-refractivity contribution in [2.24, 2.45) is 0 Å². The fraction of sp³-hybridized carbons (Fsp3) is 0.0833. The number of aryl methyl sites for hydroxylation is 1. The van der Waals surface area contributed by atoms with Crippen molar-refractivity contribution in [2.75, 3.05) is 5.32 Å². The number of aromatic nitrogens is 5. The summed E-state index contributed by atoms with van der Waals surface area (Å²) >= 11 is 6.26. The highest BCUT2D eigenvalue weighted by atomic mass is 35.5. The fourth-order valence-corrected chi connectivity index (χ4v) is 3.73. The molecule has 3 aromatic heterocycles. The summed E-state index contributed by atoms with van der Waals surface area (Å²) in [5, 5.41) is 11.6. The Morgan fingerprint density at radius 1 is 1.12 bits per heavy atom. The Kier molecular flexibility index (Phi) is 5.35. The van der Waals surface area contributed by atoms with Gasteiger partial charge >= 0.3 is 0 Å². The molecule has 164 valence electrons. The molecule has 2 aromatic carbocycles. The lowest BCUT2D eigenvalue weighted by molar-refractivity contribution is 0.102. The summed E-state index contributed by atoms with van der Waals surface area (Å²) in [5.41, 5.74) is 4.07. The normalized spacial score (nSPS) is 11.1. The molecule has 33 heavy (non-hydrogen) atoms. The largest absolute Gasteiger partial charge is 0.304 e. The Morgan fingerprint density at radius 2 is 1.91 bits per heavy atom. The van der Waals surface area contributed by atoms with E-state index in [9.17, 15) is 9.18 Å². The highest BCUT2D eigenvalue weighted by Crippen LogP contribution is 2.24. The van der Waals surface area contributed by atoms with E-state index in [2.05, 4.69) is 20.5 Å². The third-order valence-electron chi connectivity index (χ3n) is 5.23. The molecule has 3 heterocycles. The number of fused-ring (bicyclic) bond motifs is 1. The molecule has 0 saturated carbocycles. The van der Waals surface area contributed by atoms with Crippen molar-refractivity contribution < 1.29 is 9.18 Å². The van der Waals surface area contributed by atoms with Crippen LogP contribution in [-0.2, 0) is 6.54 Å². The minimum absolute atomic E-state index is 0.173. The van der Waals surface area contributed by atoms with Crippen molar-refractivity contribution in [1.29, 1.82) is 0 Å². The first-order valence-electron chi connectivity index (χ1n) is 10.2. The number of carbonyl (C=O) groups excluding carboxylic acids is 1. The molecule has 9 heteroatoms. The van der Waals surface area contributed by atoms with E-state index >= 15 is 0 Å². The molecule has 0 aliphatic carbocycles. The molecule has 5 rings (SSSR count). The quantitative estimate of drug-likeness (QED) is 0.400. The second-order valence-electron chi connectivity index (χ2n) is 7.56. The summed E-state index contributed by atoms with van der Waals surface area (Å²) in [5.74, 6) is -0.611. The van der Waals surface area contributed by atoms with Crippen molar-refractivity contribution in [3.63, 3.8) is 0 Å². The van der Waals surface area contributed by atoms with Gasteiger partial charge in [-0.3, -0.25) is 9.48 Å². The molecule has 1 N–H and O–H groups in total. The average Bonchev–Trinajstić information content (AvgIpc) is 3.39. The molecule has 0 radical (unpaired) electrons. The average molecular weight is 461 g/mol. The van der Waals surface area contributed by atoms with Crippen molar-refractivity contribution in [3.05, 3.63) is 101 Å². The van der Waals surface area contributed by atoms with Gasteiger partial charge in [0, 0.05) is 23.5 Å². The number of amides is 1. The maximum absolute atomic E-state index is 13.9. The van der Waals surface area contributed by atoms with Crippen molar-refractivity contribution in [2.45, 2.75) is 13.5 Å². The molecule has 0 unspecified atom stereocenters. The number of hydrogen-bond donors (Lipinski definition) is 1. The van der Waals surface area contributed by atoms with Gasteiger partial charge in [-0.2, -0.15) is 10.2 Å². The maximum atomic E-state index is 13.9. The van der Waals surface area contributed by atoms with Crippen LogP contribution < -0.4 is 5.32 Å². The number of carbonyl (C=O) groups is 1. The van der Waals surface area contributed by atoms with Gasteiger partial charge in [-0.15, -0.1) is 0 Å². The van der Waals surface area contributed by atoms with Gasteiger partial charge < -0.3 is 5.32 Å². The van der Waals surface area contributed by atoms with E-state index in [1.165, 1.54) is 23.1 Å². The van der Waals surface area contributed by atoms with Gasteiger partial charge in [0.15, 0.2) is 11.5 Å². The van der Waals surface area contributed by atoms with Crippen LogP contribution in [0.3, 0.4) is 0 Å². The van der Waals surface area contributed by atoms with Crippen LogP contribution in [0.15, 0.2) is 73.2 Å². The van der Waals surface area contributed by atoms with Crippen molar-refractivity contribution in [1.82, 2.24) is 24.4 Å². The van der Waals surface area contributed by atoms with Gasteiger partial charge in [0.25, 0.3) is 5.91 Å². The molecule has 1 amide bonds. The number of hydrogen-bond acceptors (Lipinski definition) is 4. The van der Waals surface area contributed by atoms with Gasteiger partial charge in [0.2, 0.25) is 0 Å². The van der Waals surface area contributed by atoms with Crippen molar-refractivity contribution >= 4 is 29.0 Å². The summed E-state index contributed by atoms with van der Waals surface area (Å²) in [4.78, 5) is 17.3. The van der Waals surface area contributed by atoms with Crippen LogP contribution in [0, 0.1) is 12.7 Å². The lowest BCUT2D eigenvalue weighted by Gasteiger charge is -2.06. The van der Waals surface area contributed by atoms with E-state index in [0.717, 1.165) is 16.8 Å². The Hall–Kier alpha value is -4.04. The molecule has 0 aliphatic heterocycles. The van der Waals surface area contributed by atoms with Gasteiger partial charge in [0.05, 0.1) is 18.4 Å². The van der Waals surface area contributed by atoms with E-state index in [0.29, 0.717) is 11.2 Å². The molecule has 0 saturated heterocycles. The lowest BCUT2D eigenvalue weighted by atomic mass is 10.1. The number of rotatable bonds is 5. The lowest BCUT2D eigenvalue weighted by Crippen LogP contribution is -2.13. The standard InChI is InChI=1S/C24H18ClFN6O/c1-15-6-8-16(9-7-15)21-10-11-27-23-18(12-28-32(21)23)24(33)29-22-19(25)14-31(30-22)13-17-4-2-3-5-20(17)26/h2-12,14H,13H2,1H3,(H,29,30,33). The zero-order chi connectivity index (χ0) is 22.9. The molecular formula is C24H18ClFN6O. The van der Waals surface area contributed by atoms with Crippen LogP contribution in [0.4, 0.5) is 10.2 Å². The van der Waals surface area contributed by atoms with Crippen LogP contribution in [0.25, 0.3) is 16.9 Å². The molecule has 7 nitrogen and oxygen atoms in total. The molecule has 5 aromatic rings. The number of halogens is 2. The van der Waals surface area contributed by atoms with Gasteiger partial charge in [0.1, 0.15) is 16.4 Å². The predicted octanol–water partition coefficient (Wildman–Crippen LogP) is 4.99. The van der Waals surface area contributed by atoms with Crippen LogP contribution >= 0.6 is 11.6 Å². The summed E-state index contributed by atoms with van der Waals surface area (Å²) < 4.78 is 17.0. The van der Waals surface area contributed by atoms with E-state index in [-0.39, 0.29) is 28.8 Å². The van der Waals surface area contributed by atoms with E-state index in [1.807, 2.05) is 37.3 Å². The fourth-order valence-electron chi connectivity index (χ4n) is 3.53. The maximum Gasteiger partial charge on any atom is 0.262 e. The number of nitrogens with zero attached hydrogens (tertiary/aromatic N) is 5. The SMILES string of the molecule is Cc1ccc(-c2ccnc3c(C(=O)Nc4nn(Cc5ccccc5F)cc4Cl)cnn23)cc1. The zero-order valence-electron chi connectivity index (χ0n) is 17.5. The van der Waals surface area contributed by atoms with Gasteiger partial charge in [-0.1, -0.05) is 59.6 Å². The third-order valence-corrected chi connectivity index (χ3v) is 5.51. The van der Waals surface area contributed by atoms with E-state index in [4.69, 9.17) is 11.6 Å². The highest BCUT2D eigenvalue weighted by Gasteiger charge is 2.19. The van der Waals surface area contributed by atoms with Crippen molar-refractivity contribution in [3.8, 4) is 11.3 Å².